The van der Waals surface area contributed by atoms with E-state index in [1.807, 2.05) is 0 Å². The molecule has 0 spiro atoms. The molecule has 0 aliphatic rings. The van der Waals surface area contributed by atoms with Crippen LogP contribution < -0.4 is 5.32 Å². The zero-order valence-electron chi connectivity index (χ0n) is 10.4. The fraction of sp³-hybridized carbons (Fsp3) is 0.0714. The molecule has 0 saturated heterocycles. The van der Waals surface area contributed by atoms with E-state index in [0.29, 0.717) is 11.1 Å². The first-order valence-corrected chi connectivity index (χ1v) is 6.39. The Morgan fingerprint density at radius 1 is 1.20 bits per heavy atom. The molecule has 0 atom stereocenters. The van der Waals surface area contributed by atoms with Crippen molar-refractivity contribution < 1.29 is 14.3 Å². The second-order valence-corrected chi connectivity index (χ2v) is 5.01. The molecule has 0 fully saturated rings. The number of carbonyl (C=O) groups excluding carboxylic acids is 1. The van der Waals surface area contributed by atoms with Crippen LogP contribution in [0.25, 0.3) is 0 Å². The van der Waals surface area contributed by atoms with E-state index in [4.69, 9.17) is 23.2 Å². The summed E-state index contributed by atoms with van der Waals surface area (Å²) in [7, 11) is 0. The minimum atomic E-state index is -0.585. The molecule has 0 bridgehead atoms. The molecule has 0 saturated carbocycles. The SMILES string of the molecule is Cc1cc(C(=O)Nc2c(Cl)cc(F)cc2Cl)ccc1O. The number of hydrogen-bond acceptors (Lipinski definition) is 2. The normalized spacial score (nSPS) is 10.4. The maximum Gasteiger partial charge on any atom is 0.255 e. The summed E-state index contributed by atoms with van der Waals surface area (Å²) in [4.78, 5) is 12.1. The Morgan fingerprint density at radius 3 is 2.35 bits per heavy atom. The largest absolute Gasteiger partial charge is 0.508 e. The lowest BCUT2D eigenvalue weighted by Gasteiger charge is -2.10. The van der Waals surface area contributed by atoms with Gasteiger partial charge in [-0.25, -0.2) is 4.39 Å². The number of nitrogens with one attached hydrogen (secondary N) is 1. The second-order valence-electron chi connectivity index (χ2n) is 4.20. The van der Waals surface area contributed by atoms with Gasteiger partial charge >= 0.3 is 0 Å². The lowest BCUT2D eigenvalue weighted by molar-refractivity contribution is 0.102. The molecule has 2 aromatic carbocycles. The minimum Gasteiger partial charge on any atom is -0.508 e. The molecule has 2 N–H and O–H groups in total. The molecule has 104 valence electrons. The predicted octanol–water partition coefficient (Wildman–Crippen LogP) is 4.40. The van der Waals surface area contributed by atoms with Crippen LogP contribution in [0, 0.1) is 12.7 Å². The van der Waals surface area contributed by atoms with E-state index in [1.165, 1.54) is 18.2 Å². The van der Waals surface area contributed by atoms with Crippen LogP contribution in [-0.4, -0.2) is 11.0 Å². The zero-order chi connectivity index (χ0) is 14.9. The van der Waals surface area contributed by atoms with Crippen LogP contribution in [0.5, 0.6) is 5.75 Å². The molecule has 20 heavy (non-hydrogen) atoms. The molecular formula is C14H10Cl2FNO2. The Bertz CT molecular complexity index is 666. The molecule has 0 aromatic heterocycles. The summed E-state index contributed by atoms with van der Waals surface area (Å²) in [5.41, 5.74) is 1.04. The van der Waals surface area contributed by atoms with Gasteiger partial charge in [0.25, 0.3) is 5.91 Å². The van der Waals surface area contributed by atoms with Crippen molar-refractivity contribution in [2.45, 2.75) is 6.92 Å². The first-order valence-electron chi connectivity index (χ1n) is 5.64. The number of anilines is 1. The van der Waals surface area contributed by atoms with Crippen molar-refractivity contribution in [3.63, 3.8) is 0 Å². The first-order chi connectivity index (χ1) is 9.38. The number of benzene rings is 2. The fourth-order valence-electron chi connectivity index (χ4n) is 1.64. The summed E-state index contributed by atoms with van der Waals surface area (Å²) in [6.45, 7) is 1.67. The van der Waals surface area contributed by atoms with Gasteiger partial charge in [-0.05, 0) is 42.8 Å². The summed E-state index contributed by atoms with van der Waals surface area (Å²) in [6.07, 6.45) is 0. The monoisotopic (exact) mass is 313 g/mol. The number of phenolic OH excluding ortho intramolecular Hbond substituents is 1. The van der Waals surface area contributed by atoms with Crippen LogP contribution in [-0.2, 0) is 0 Å². The topological polar surface area (TPSA) is 49.3 Å². The Morgan fingerprint density at radius 2 is 1.80 bits per heavy atom. The summed E-state index contributed by atoms with van der Waals surface area (Å²) in [5.74, 6) is -0.943. The molecule has 6 heteroatoms. The molecule has 0 heterocycles. The van der Waals surface area contributed by atoms with E-state index in [0.717, 1.165) is 12.1 Å². The number of amides is 1. The Balaban J connectivity index is 2.30. The molecule has 0 aliphatic heterocycles. The van der Waals surface area contributed by atoms with E-state index in [9.17, 15) is 14.3 Å². The van der Waals surface area contributed by atoms with Gasteiger partial charge in [0.05, 0.1) is 15.7 Å². The van der Waals surface area contributed by atoms with E-state index < -0.39 is 11.7 Å². The van der Waals surface area contributed by atoms with Crippen molar-refractivity contribution in [1.82, 2.24) is 0 Å². The third-order valence-corrected chi connectivity index (χ3v) is 3.30. The molecule has 1 amide bonds. The molecule has 0 radical (unpaired) electrons. The van der Waals surface area contributed by atoms with Crippen molar-refractivity contribution in [2.75, 3.05) is 5.32 Å². The van der Waals surface area contributed by atoms with Crippen molar-refractivity contribution in [2.24, 2.45) is 0 Å². The summed E-state index contributed by atoms with van der Waals surface area (Å²) in [6, 6.07) is 6.52. The second kappa shape index (κ2) is 5.69. The molecular weight excluding hydrogens is 304 g/mol. The van der Waals surface area contributed by atoms with Crippen molar-refractivity contribution in [3.8, 4) is 5.75 Å². The van der Waals surface area contributed by atoms with Gasteiger partial charge in [0.15, 0.2) is 0 Å². The third kappa shape index (κ3) is 3.03. The number of halogens is 3. The van der Waals surface area contributed by atoms with Crippen molar-refractivity contribution >= 4 is 34.8 Å². The number of hydrogen-bond donors (Lipinski definition) is 2. The van der Waals surface area contributed by atoms with Gasteiger partial charge in [0, 0.05) is 5.56 Å². The average Bonchev–Trinajstić information content (AvgIpc) is 2.36. The number of aryl methyl sites for hydroxylation is 1. The molecule has 2 rings (SSSR count). The highest BCUT2D eigenvalue weighted by atomic mass is 35.5. The van der Waals surface area contributed by atoms with E-state index >= 15 is 0 Å². The van der Waals surface area contributed by atoms with Crippen LogP contribution in [0.4, 0.5) is 10.1 Å². The lowest BCUT2D eigenvalue weighted by atomic mass is 10.1. The third-order valence-electron chi connectivity index (χ3n) is 2.70. The number of phenols is 1. The molecule has 3 nitrogen and oxygen atoms in total. The van der Waals surface area contributed by atoms with E-state index in [1.54, 1.807) is 6.92 Å². The zero-order valence-corrected chi connectivity index (χ0v) is 11.9. The summed E-state index contributed by atoms with van der Waals surface area (Å²) >= 11 is 11.7. The summed E-state index contributed by atoms with van der Waals surface area (Å²) < 4.78 is 13.1. The van der Waals surface area contributed by atoms with Crippen molar-refractivity contribution in [3.05, 3.63) is 57.3 Å². The smallest absolute Gasteiger partial charge is 0.255 e. The average molecular weight is 314 g/mol. The van der Waals surface area contributed by atoms with Crippen LogP contribution in [0.1, 0.15) is 15.9 Å². The number of carbonyl (C=O) groups is 1. The fourth-order valence-corrected chi connectivity index (χ4v) is 2.20. The van der Waals surface area contributed by atoms with Crippen LogP contribution >= 0.6 is 23.2 Å². The van der Waals surface area contributed by atoms with Gasteiger partial charge in [0.1, 0.15) is 11.6 Å². The first kappa shape index (κ1) is 14.6. The maximum atomic E-state index is 13.1. The van der Waals surface area contributed by atoms with E-state index in [-0.39, 0.29) is 21.5 Å². The quantitative estimate of drug-likeness (QED) is 0.863. The van der Waals surface area contributed by atoms with Gasteiger partial charge in [-0.3, -0.25) is 4.79 Å². The van der Waals surface area contributed by atoms with Crippen molar-refractivity contribution in [1.29, 1.82) is 0 Å². The maximum absolute atomic E-state index is 13.1. The standard InChI is InChI=1S/C14H10Cl2FNO2/c1-7-4-8(2-3-12(7)19)14(20)18-13-10(15)5-9(17)6-11(13)16/h2-6,19H,1H3,(H,18,20). The lowest BCUT2D eigenvalue weighted by Crippen LogP contribution is -2.12. The van der Waals surface area contributed by atoms with Gasteiger partial charge in [-0.2, -0.15) is 0 Å². The van der Waals surface area contributed by atoms with Gasteiger partial charge < -0.3 is 10.4 Å². The number of aromatic hydroxyl groups is 1. The Labute approximate surface area is 124 Å². The van der Waals surface area contributed by atoms with Gasteiger partial charge in [0.2, 0.25) is 0 Å². The van der Waals surface area contributed by atoms with Crippen LogP contribution in [0.15, 0.2) is 30.3 Å². The summed E-state index contributed by atoms with van der Waals surface area (Å²) in [5, 5.41) is 12.0. The van der Waals surface area contributed by atoms with E-state index in [2.05, 4.69) is 5.32 Å². The molecule has 2 aromatic rings. The van der Waals surface area contributed by atoms with Crippen LogP contribution in [0.3, 0.4) is 0 Å². The highest BCUT2D eigenvalue weighted by Crippen LogP contribution is 2.31. The highest BCUT2D eigenvalue weighted by Gasteiger charge is 2.13. The van der Waals surface area contributed by atoms with Gasteiger partial charge in [-0.1, -0.05) is 23.2 Å². The Hall–Kier alpha value is -1.78. The Kier molecular flexibility index (Phi) is 4.16. The minimum absolute atomic E-state index is 0.0128. The predicted molar refractivity (Wildman–Crippen MR) is 77.2 cm³/mol. The van der Waals surface area contributed by atoms with Crippen LogP contribution in [0.2, 0.25) is 10.0 Å². The van der Waals surface area contributed by atoms with Gasteiger partial charge in [-0.15, -0.1) is 0 Å². The highest BCUT2D eigenvalue weighted by molar-refractivity contribution is 6.40. The number of rotatable bonds is 2. The molecule has 0 aliphatic carbocycles. The molecule has 0 unspecified atom stereocenters.